The van der Waals surface area contributed by atoms with E-state index in [1.54, 1.807) is 0 Å². The highest BCUT2D eigenvalue weighted by Gasteiger charge is 2.26. The van der Waals surface area contributed by atoms with Crippen molar-refractivity contribution in [2.45, 2.75) is 20.3 Å². The van der Waals surface area contributed by atoms with Crippen LogP contribution in [0.3, 0.4) is 0 Å². The highest BCUT2D eigenvalue weighted by atomic mass is 16.2. The minimum absolute atomic E-state index is 0.0462. The van der Waals surface area contributed by atoms with Crippen molar-refractivity contribution in [2.75, 3.05) is 13.1 Å². The number of nitrogens with zero attached hydrogens (tertiary/aromatic N) is 1. The third kappa shape index (κ3) is 3.19. The van der Waals surface area contributed by atoms with Crippen LogP contribution in [0.25, 0.3) is 0 Å². The lowest BCUT2D eigenvalue weighted by Crippen LogP contribution is -2.53. The lowest BCUT2D eigenvalue weighted by atomic mass is 10.0. The first-order valence-electron chi connectivity index (χ1n) is 6.12. The van der Waals surface area contributed by atoms with Gasteiger partial charge in [-0.15, -0.1) is 0 Å². The summed E-state index contributed by atoms with van der Waals surface area (Å²) in [6.07, 6.45) is 0.210. The van der Waals surface area contributed by atoms with Gasteiger partial charge in [0.05, 0.1) is 6.42 Å². The summed E-state index contributed by atoms with van der Waals surface area (Å²) in [5.74, 6) is -1.05. The molecule has 1 N–H and O–H groups in total. The van der Waals surface area contributed by atoms with Crippen LogP contribution in [0.1, 0.15) is 16.7 Å². The molecule has 0 saturated carbocycles. The number of imide groups is 1. The molecule has 1 aliphatic heterocycles. The molecule has 3 amide bonds. The van der Waals surface area contributed by atoms with Gasteiger partial charge in [0.15, 0.2) is 0 Å². The molecule has 5 heteroatoms. The molecule has 5 nitrogen and oxygen atoms in total. The molecule has 1 aliphatic rings. The number of aryl methyl sites for hydroxylation is 2. The van der Waals surface area contributed by atoms with E-state index in [1.165, 1.54) is 10.5 Å². The Labute approximate surface area is 111 Å². The van der Waals surface area contributed by atoms with Crippen LogP contribution < -0.4 is 5.32 Å². The topological polar surface area (TPSA) is 66.5 Å². The molecule has 0 spiro atoms. The molecular formula is C14H16N2O3. The van der Waals surface area contributed by atoms with Crippen molar-refractivity contribution in [3.8, 4) is 0 Å². The van der Waals surface area contributed by atoms with Crippen molar-refractivity contribution < 1.29 is 14.4 Å². The zero-order valence-electron chi connectivity index (χ0n) is 11.0. The fraction of sp³-hybridized carbons (Fsp3) is 0.357. The second-order valence-corrected chi connectivity index (χ2v) is 4.82. The van der Waals surface area contributed by atoms with Crippen LogP contribution in [0.5, 0.6) is 0 Å². The zero-order chi connectivity index (χ0) is 14.0. The SMILES string of the molecule is Cc1ccc(CC(=O)N2CC(=O)NC(=O)C2)cc1C. The van der Waals surface area contributed by atoms with Crippen molar-refractivity contribution >= 4 is 17.7 Å². The predicted molar refractivity (Wildman–Crippen MR) is 69.3 cm³/mol. The van der Waals surface area contributed by atoms with E-state index in [9.17, 15) is 14.4 Å². The first-order valence-corrected chi connectivity index (χ1v) is 6.12. The number of amides is 3. The van der Waals surface area contributed by atoms with E-state index in [4.69, 9.17) is 0 Å². The van der Waals surface area contributed by atoms with Crippen LogP contribution in [0.15, 0.2) is 18.2 Å². The molecule has 1 fully saturated rings. The number of carbonyl (C=O) groups is 3. The zero-order valence-corrected chi connectivity index (χ0v) is 11.0. The summed E-state index contributed by atoms with van der Waals surface area (Å²) < 4.78 is 0. The highest BCUT2D eigenvalue weighted by Crippen LogP contribution is 2.11. The second-order valence-electron chi connectivity index (χ2n) is 4.82. The van der Waals surface area contributed by atoms with Crippen molar-refractivity contribution in [2.24, 2.45) is 0 Å². The largest absolute Gasteiger partial charge is 0.324 e. The van der Waals surface area contributed by atoms with E-state index in [0.29, 0.717) is 0 Å². The smallest absolute Gasteiger partial charge is 0.246 e. The standard InChI is InChI=1S/C14H16N2O3/c1-9-3-4-11(5-10(9)2)6-14(19)16-7-12(17)15-13(18)8-16/h3-5H,6-8H2,1-2H3,(H,15,17,18). The van der Waals surface area contributed by atoms with Gasteiger partial charge in [-0.1, -0.05) is 18.2 Å². The normalized spacial score (nSPS) is 15.4. The first kappa shape index (κ1) is 13.3. The summed E-state index contributed by atoms with van der Waals surface area (Å²) in [6.45, 7) is 3.90. The molecule has 19 heavy (non-hydrogen) atoms. The Morgan fingerprint density at radius 2 is 1.79 bits per heavy atom. The van der Waals surface area contributed by atoms with Crippen LogP contribution in [0.2, 0.25) is 0 Å². The van der Waals surface area contributed by atoms with E-state index in [0.717, 1.165) is 11.1 Å². The molecule has 100 valence electrons. The predicted octanol–water partition coefficient (Wildman–Crippen LogP) is 0.331. The first-order chi connectivity index (χ1) is 8.95. The Balaban J connectivity index is 2.06. The highest BCUT2D eigenvalue weighted by molar-refractivity contribution is 6.02. The van der Waals surface area contributed by atoms with Gasteiger partial charge >= 0.3 is 0 Å². The third-order valence-corrected chi connectivity index (χ3v) is 3.23. The minimum atomic E-state index is -0.426. The van der Waals surface area contributed by atoms with Gasteiger partial charge < -0.3 is 4.90 Å². The van der Waals surface area contributed by atoms with Gasteiger partial charge in [0.25, 0.3) is 0 Å². The summed E-state index contributed by atoms with van der Waals surface area (Å²) in [5, 5.41) is 2.17. The van der Waals surface area contributed by atoms with Crippen LogP contribution in [0, 0.1) is 13.8 Å². The maximum absolute atomic E-state index is 12.0. The molecule has 1 aromatic carbocycles. The third-order valence-electron chi connectivity index (χ3n) is 3.23. The fourth-order valence-electron chi connectivity index (χ4n) is 2.01. The van der Waals surface area contributed by atoms with Gasteiger partial charge in [-0.3, -0.25) is 19.7 Å². The molecule has 0 aliphatic carbocycles. The van der Waals surface area contributed by atoms with E-state index >= 15 is 0 Å². The quantitative estimate of drug-likeness (QED) is 0.779. The molecule has 0 bridgehead atoms. The van der Waals surface area contributed by atoms with Gasteiger partial charge in [-0.25, -0.2) is 0 Å². The number of rotatable bonds is 2. The van der Waals surface area contributed by atoms with Crippen LogP contribution in [-0.4, -0.2) is 35.7 Å². The Hall–Kier alpha value is -2.17. The summed E-state index contributed by atoms with van der Waals surface area (Å²) in [5.41, 5.74) is 3.19. The molecule has 1 saturated heterocycles. The summed E-state index contributed by atoms with van der Waals surface area (Å²) in [7, 11) is 0. The monoisotopic (exact) mass is 260 g/mol. The van der Waals surface area contributed by atoms with E-state index in [2.05, 4.69) is 5.32 Å². The van der Waals surface area contributed by atoms with Gasteiger partial charge in [0, 0.05) is 0 Å². The van der Waals surface area contributed by atoms with E-state index < -0.39 is 11.8 Å². The van der Waals surface area contributed by atoms with E-state index in [-0.39, 0.29) is 25.4 Å². The molecular weight excluding hydrogens is 244 g/mol. The maximum atomic E-state index is 12.0. The molecule has 1 heterocycles. The van der Waals surface area contributed by atoms with Gasteiger partial charge in [-0.05, 0) is 30.5 Å². The van der Waals surface area contributed by atoms with Crippen molar-refractivity contribution in [1.29, 1.82) is 0 Å². The molecule has 0 aromatic heterocycles. The average molecular weight is 260 g/mol. The summed E-state index contributed by atoms with van der Waals surface area (Å²) in [4.78, 5) is 35.8. The van der Waals surface area contributed by atoms with Crippen LogP contribution >= 0.6 is 0 Å². The molecule has 0 unspecified atom stereocenters. The van der Waals surface area contributed by atoms with E-state index in [1.807, 2.05) is 32.0 Å². The average Bonchev–Trinajstić information content (AvgIpc) is 2.32. The van der Waals surface area contributed by atoms with Gasteiger partial charge in [0.1, 0.15) is 13.1 Å². The summed E-state index contributed by atoms with van der Waals surface area (Å²) in [6, 6.07) is 5.82. The number of benzene rings is 1. The number of carbonyl (C=O) groups excluding carboxylic acids is 3. The number of hydrogen-bond donors (Lipinski definition) is 1. The fourth-order valence-corrected chi connectivity index (χ4v) is 2.01. The van der Waals surface area contributed by atoms with Crippen molar-refractivity contribution in [1.82, 2.24) is 10.2 Å². The minimum Gasteiger partial charge on any atom is -0.324 e. The number of piperazine rings is 1. The number of nitrogens with one attached hydrogen (secondary N) is 1. The van der Waals surface area contributed by atoms with Gasteiger partial charge in [-0.2, -0.15) is 0 Å². The van der Waals surface area contributed by atoms with Crippen LogP contribution in [-0.2, 0) is 20.8 Å². The van der Waals surface area contributed by atoms with Crippen molar-refractivity contribution in [3.63, 3.8) is 0 Å². The maximum Gasteiger partial charge on any atom is 0.246 e. The van der Waals surface area contributed by atoms with Crippen molar-refractivity contribution in [3.05, 3.63) is 34.9 Å². The lowest BCUT2D eigenvalue weighted by molar-refractivity contribution is -0.145. The Bertz CT molecular complexity index is 536. The van der Waals surface area contributed by atoms with Gasteiger partial charge in [0.2, 0.25) is 17.7 Å². The second kappa shape index (κ2) is 5.22. The summed E-state index contributed by atoms with van der Waals surface area (Å²) >= 11 is 0. The Morgan fingerprint density at radius 3 is 2.37 bits per heavy atom. The molecule has 2 rings (SSSR count). The molecule has 0 radical (unpaired) electrons. The number of hydrogen-bond acceptors (Lipinski definition) is 3. The van der Waals surface area contributed by atoms with Crippen LogP contribution in [0.4, 0.5) is 0 Å². The Kier molecular flexibility index (Phi) is 3.64. The lowest BCUT2D eigenvalue weighted by Gasteiger charge is -2.25. The Morgan fingerprint density at radius 1 is 1.16 bits per heavy atom. The molecule has 0 atom stereocenters. The molecule has 1 aromatic rings.